The van der Waals surface area contributed by atoms with Gasteiger partial charge in [0.1, 0.15) is 9.84 Å². The van der Waals surface area contributed by atoms with E-state index in [4.69, 9.17) is 9.97 Å². The number of rotatable bonds is 5. The van der Waals surface area contributed by atoms with E-state index in [0.717, 1.165) is 50.2 Å². The molecule has 0 spiro atoms. The molecule has 0 atom stereocenters. The number of fused-ring (bicyclic) bond motifs is 1. The molecule has 0 unspecified atom stereocenters. The third-order valence-corrected chi connectivity index (χ3v) is 8.68. The molecule has 4 aromatic rings. The monoisotopic (exact) mass is 454 g/mol. The van der Waals surface area contributed by atoms with Gasteiger partial charge in [-0.2, -0.15) is 0 Å². The summed E-state index contributed by atoms with van der Waals surface area (Å²) in [6, 6.07) is 6.12. The molecule has 0 amide bonds. The van der Waals surface area contributed by atoms with Gasteiger partial charge in [-0.15, -0.1) is 22.7 Å². The quantitative estimate of drug-likeness (QED) is 0.273. The molecule has 0 aromatic carbocycles. The zero-order valence-corrected chi connectivity index (χ0v) is 19.4. The van der Waals surface area contributed by atoms with Crippen LogP contribution in [0.15, 0.2) is 39.7 Å². The number of pyridine rings is 1. The van der Waals surface area contributed by atoms with Crippen LogP contribution in [0.25, 0.3) is 20.9 Å². The Morgan fingerprint density at radius 3 is 2.80 bits per heavy atom. The van der Waals surface area contributed by atoms with Crippen molar-refractivity contribution >= 4 is 44.7 Å². The van der Waals surface area contributed by atoms with Gasteiger partial charge in [0.25, 0.3) is 5.56 Å². The summed E-state index contributed by atoms with van der Waals surface area (Å²) in [7, 11) is 0. The van der Waals surface area contributed by atoms with Gasteiger partial charge in [0.05, 0.1) is 16.8 Å². The van der Waals surface area contributed by atoms with E-state index in [-0.39, 0.29) is 11.6 Å². The van der Waals surface area contributed by atoms with E-state index in [2.05, 4.69) is 17.3 Å². The lowest BCUT2D eigenvalue weighted by molar-refractivity contribution is 0.458. The molecule has 30 heavy (non-hydrogen) atoms. The van der Waals surface area contributed by atoms with Crippen molar-refractivity contribution in [1.29, 1.82) is 0 Å². The molecule has 4 heterocycles. The topological polar surface area (TPSA) is 60.7 Å². The highest BCUT2D eigenvalue weighted by atomic mass is 32.2. The van der Waals surface area contributed by atoms with Crippen molar-refractivity contribution in [2.45, 2.75) is 56.5 Å². The van der Waals surface area contributed by atoms with Crippen LogP contribution in [0, 0.1) is 13.8 Å². The molecule has 1 aliphatic carbocycles. The zero-order valence-electron chi connectivity index (χ0n) is 16.9. The minimum absolute atomic E-state index is 0.128. The molecule has 8 heteroatoms. The Morgan fingerprint density at radius 1 is 1.20 bits per heavy atom. The lowest BCUT2D eigenvalue weighted by Gasteiger charge is -2.17. The third kappa shape index (κ3) is 3.61. The summed E-state index contributed by atoms with van der Waals surface area (Å²) in [5.74, 6) is 0.692. The zero-order chi connectivity index (χ0) is 20.7. The molecule has 1 saturated carbocycles. The summed E-state index contributed by atoms with van der Waals surface area (Å²) in [5, 5.41) is 4.63. The van der Waals surface area contributed by atoms with Gasteiger partial charge < -0.3 is 0 Å². The summed E-state index contributed by atoms with van der Waals surface area (Å²) in [5.41, 5.74) is 3.10. The van der Waals surface area contributed by atoms with Gasteiger partial charge in [0.15, 0.2) is 5.16 Å². The Kier molecular flexibility index (Phi) is 5.47. The number of aryl methyl sites for hydroxylation is 2. The first-order chi connectivity index (χ1) is 14.6. The molecule has 5 rings (SSSR count). The van der Waals surface area contributed by atoms with Gasteiger partial charge in [0.2, 0.25) is 0 Å². The third-order valence-electron chi connectivity index (χ3n) is 5.68. The Hall–Kier alpha value is -2.03. The molecule has 5 nitrogen and oxygen atoms in total. The SMILES string of the molecule is Cc1sc2nc(SCc3csc(-c4ccccn4)n3)n(C3CCCC3)c(=O)c2c1C. The second-order valence-electron chi connectivity index (χ2n) is 7.62. The van der Waals surface area contributed by atoms with Crippen LogP contribution in [0.5, 0.6) is 0 Å². The van der Waals surface area contributed by atoms with E-state index >= 15 is 0 Å². The van der Waals surface area contributed by atoms with Gasteiger partial charge in [-0.05, 0) is 44.4 Å². The maximum absolute atomic E-state index is 13.5. The highest BCUT2D eigenvalue weighted by molar-refractivity contribution is 7.98. The van der Waals surface area contributed by atoms with Crippen molar-refractivity contribution in [3.8, 4) is 10.7 Å². The van der Waals surface area contributed by atoms with E-state index in [1.54, 1.807) is 40.6 Å². The molecule has 0 saturated heterocycles. The Balaban J connectivity index is 1.49. The maximum Gasteiger partial charge on any atom is 0.263 e. The molecule has 0 bridgehead atoms. The minimum atomic E-state index is 0.128. The van der Waals surface area contributed by atoms with Crippen molar-refractivity contribution in [2.24, 2.45) is 0 Å². The Labute approximate surface area is 187 Å². The van der Waals surface area contributed by atoms with Gasteiger partial charge in [-0.1, -0.05) is 30.7 Å². The van der Waals surface area contributed by atoms with E-state index in [0.29, 0.717) is 5.75 Å². The summed E-state index contributed by atoms with van der Waals surface area (Å²) in [4.78, 5) is 29.6. The molecule has 154 valence electrons. The maximum atomic E-state index is 13.5. The van der Waals surface area contributed by atoms with Crippen LogP contribution in [0.1, 0.15) is 47.9 Å². The van der Waals surface area contributed by atoms with E-state index < -0.39 is 0 Å². The average molecular weight is 455 g/mol. The van der Waals surface area contributed by atoms with E-state index in [1.165, 1.54) is 17.7 Å². The molecular weight excluding hydrogens is 432 g/mol. The van der Waals surface area contributed by atoms with Crippen LogP contribution in [0.4, 0.5) is 0 Å². The summed E-state index contributed by atoms with van der Waals surface area (Å²) in [6.45, 7) is 4.11. The number of thiazole rings is 1. The second-order valence-corrected chi connectivity index (χ2v) is 10.6. The standard InChI is InChI=1S/C22H22N4OS3/c1-13-14(2)30-20-18(13)21(27)26(16-7-3-4-8-16)22(25-20)29-12-15-11-28-19(24-15)17-9-5-6-10-23-17/h5-6,9-11,16H,3-4,7-8,12H2,1-2H3. The molecular formula is C22H22N4OS3. The van der Waals surface area contributed by atoms with Crippen LogP contribution in [-0.2, 0) is 5.75 Å². The number of thioether (sulfide) groups is 1. The van der Waals surface area contributed by atoms with Crippen molar-refractivity contribution < 1.29 is 0 Å². The molecule has 0 radical (unpaired) electrons. The van der Waals surface area contributed by atoms with Gasteiger partial charge >= 0.3 is 0 Å². The summed E-state index contributed by atoms with van der Waals surface area (Å²) in [6.07, 6.45) is 6.27. The largest absolute Gasteiger partial charge is 0.284 e. The lowest BCUT2D eigenvalue weighted by Crippen LogP contribution is -2.26. The van der Waals surface area contributed by atoms with Gasteiger partial charge in [-0.3, -0.25) is 14.3 Å². The van der Waals surface area contributed by atoms with Crippen LogP contribution in [0.3, 0.4) is 0 Å². The summed E-state index contributed by atoms with van der Waals surface area (Å²) < 4.78 is 1.98. The molecule has 0 N–H and O–H groups in total. The average Bonchev–Trinajstić information content (AvgIpc) is 3.49. The first kappa shape index (κ1) is 19.9. The predicted molar refractivity (Wildman–Crippen MR) is 126 cm³/mol. The fourth-order valence-corrected chi connectivity index (χ4v) is 6.92. The molecule has 4 aromatic heterocycles. The Bertz CT molecular complexity index is 1250. The Morgan fingerprint density at radius 2 is 2.03 bits per heavy atom. The fourth-order valence-electron chi connectivity index (χ4n) is 3.99. The van der Waals surface area contributed by atoms with Crippen molar-refractivity contribution in [3.05, 3.63) is 56.3 Å². The van der Waals surface area contributed by atoms with Crippen LogP contribution >= 0.6 is 34.4 Å². The van der Waals surface area contributed by atoms with Crippen molar-refractivity contribution in [3.63, 3.8) is 0 Å². The number of thiophene rings is 1. The highest BCUT2D eigenvalue weighted by Crippen LogP contribution is 2.35. The normalized spacial score (nSPS) is 14.7. The lowest BCUT2D eigenvalue weighted by atomic mass is 10.2. The fraction of sp³-hybridized carbons (Fsp3) is 0.364. The minimum Gasteiger partial charge on any atom is -0.284 e. The molecule has 1 aliphatic rings. The number of nitrogens with zero attached hydrogens (tertiary/aromatic N) is 4. The molecule has 0 aliphatic heterocycles. The first-order valence-electron chi connectivity index (χ1n) is 10.1. The predicted octanol–water partition coefficient (Wildman–Crippen LogP) is 6.00. The van der Waals surface area contributed by atoms with Crippen molar-refractivity contribution in [2.75, 3.05) is 0 Å². The number of hydrogen-bond acceptors (Lipinski definition) is 7. The van der Waals surface area contributed by atoms with Crippen LogP contribution < -0.4 is 5.56 Å². The van der Waals surface area contributed by atoms with Gasteiger partial charge in [0, 0.05) is 28.2 Å². The smallest absolute Gasteiger partial charge is 0.263 e. The highest BCUT2D eigenvalue weighted by Gasteiger charge is 2.25. The number of aromatic nitrogens is 4. The second kappa shape index (κ2) is 8.24. The van der Waals surface area contributed by atoms with E-state index in [1.807, 2.05) is 29.7 Å². The summed E-state index contributed by atoms with van der Waals surface area (Å²) >= 11 is 4.85. The van der Waals surface area contributed by atoms with Gasteiger partial charge in [-0.25, -0.2) is 9.97 Å². The molecule has 1 fully saturated rings. The van der Waals surface area contributed by atoms with Crippen LogP contribution in [-0.4, -0.2) is 19.5 Å². The first-order valence-corrected chi connectivity index (χ1v) is 12.8. The van der Waals surface area contributed by atoms with E-state index in [9.17, 15) is 4.79 Å². The van der Waals surface area contributed by atoms with Crippen molar-refractivity contribution in [1.82, 2.24) is 19.5 Å². The van der Waals surface area contributed by atoms with Crippen LogP contribution in [0.2, 0.25) is 0 Å². The number of hydrogen-bond donors (Lipinski definition) is 0.